The van der Waals surface area contributed by atoms with Crippen molar-refractivity contribution in [3.8, 4) is 5.75 Å². The van der Waals surface area contributed by atoms with Gasteiger partial charge in [-0.1, -0.05) is 0 Å². The zero-order valence-corrected chi connectivity index (χ0v) is 13.0. The van der Waals surface area contributed by atoms with Crippen LogP contribution in [0.1, 0.15) is 23.0 Å². The molecule has 0 atom stereocenters. The van der Waals surface area contributed by atoms with Crippen LogP contribution >= 0.6 is 0 Å². The third-order valence-corrected chi connectivity index (χ3v) is 2.93. The number of rotatable bonds is 6. The molecule has 0 saturated carbocycles. The summed E-state index contributed by atoms with van der Waals surface area (Å²) in [6.07, 6.45) is 1.42. The highest BCUT2D eigenvalue weighted by atomic mass is 16.5. The molecule has 120 valence electrons. The summed E-state index contributed by atoms with van der Waals surface area (Å²) in [5.41, 5.74) is 1.71. The summed E-state index contributed by atoms with van der Waals surface area (Å²) in [4.78, 5) is 27.6. The Morgan fingerprint density at radius 2 is 1.87 bits per heavy atom. The normalized spacial score (nSPS) is 10.0. The zero-order valence-electron chi connectivity index (χ0n) is 13.0. The van der Waals surface area contributed by atoms with Crippen LogP contribution in [0.4, 0.5) is 5.69 Å². The van der Waals surface area contributed by atoms with Crippen molar-refractivity contribution in [1.29, 1.82) is 0 Å². The van der Waals surface area contributed by atoms with Crippen LogP contribution in [0.25, 0.3) is 0 Å². The number of carbonyl (C=O) groups excluding carboxylic acids is 2. The van der Waals surface area contributed by atoms with E-state index in [4.69, 9.17) is 9.47 Å². The number of aromatic nitrogens is 1. The number of esters is 1. The van der Waals surface area contributed by atoms with Crippen LogP contribution in [0.3, 0.4) is 0 Å². The summed E-state index contributed by atoms with van der Waals surface area (Å²) in [7, 11) is 0. The second-order valence-electron chi connectivity index (χ2n) is 4.77. The Morgan fingerprint density at radius 1 is 1.13 bits per heavy atom. The lowest BCUT2D eigenvalue weighted by molar-refractivity contribution is -0.119. The summed E-state index contributed by atoms with van der Waals surface area (Å²) in [6, 6.07) is 10.3. The number of aryl methyl sites for hydroxylation is 1. The lowest BCUT2D eigenvalue weighted by atomic mass is 10.2. The molecule has 1 amide bonds. The number of carbonyl (C=O) groups is 2. The molecule has 0 spiro atoms. The van der Waals surface area contributed by atoms with E-state index in [2.05, 4.69) is 10.3 Å². The molecule has 0 aliphatic rings. The molecule has 0 radical (unpaired) electrons. The largest absolute Gasteiger partial charge is 0.494 e. The van der Waals surface area contributed by atoms with Gasteiger partial charge in [-0.05, 0) is 50.2 Å². The van der Waals surface area contributed by atoms with Gasteiger partial charge in [-0.3, -0.25) is 9.78 Å². The molecule has 0 saturated heterocycles. The molecule has 0 unspecified atom stereocenters. The van der Waals surface area contributed by atoms with Crippen molar-refractivity contribution >= 4 is 17.6 Å². The van der Waals surface area contributed by atoms with Crippen molar-refractivity contribution in [1.82, 2.24) is 4.98 Å². The molecule has 0 aliphatic heterocycles. The lowest BCUT2D eigenvalue weighted by Gasteiger charge is -2.08. The number of benzene rings is 1. The third-order valence-electron chi connectivity index (χ3n) is 2.93. The summed E-state index contributed by atoms with van der Waals surface area (Å²) < 4.78 is 10.3. The van der Waals surface area contributed by atoms with E-state index in [1.54, 1.807) is 36.4 Å². The molecule has 2 aromatic rings. The van der Waals surface area contributed by atoms with Crippen molar-refractivity contribution in [2.24, 2.45) is 0 Å². The average Bonchev–Trinajstić information content (AvgIpc) is 2.55. The molecular weight excluding hydrogens is 296 g/mol. The molecule has 1 heterocycles. The number of pyridine rings is 1. The molecule has 6 nitrogen and oxygen atoms in total. The fraction of sp³-hybridized carbons (Fsp3) is 0.235. The molecule has 2 rings (SSSR count). The van der Waals surface area contributed by atoms with Gasteiger partial charge in [0, 0.05) is 17.6 Å². The van der Waals surface area contributed by atoms with E-state index in [9.17, 15) is 9.59 Å². The first-order valence-corrected chi connectivity index (χ1v) is 7.21. The van der Waals surface area contributed by atoms with Crippen molar-refractivity contribution < 1.29 is 19.1 Å². The average molecular weight is 314 g/mol. The molecule has 0 fully saturated rings. The van der Waals surface area contributed by atoms with Crippen LogP contribution in [0.15, 0.2) is 42.6 Å². The van der Waals surface area contributed by atoms with Crippen molar-refractivity contribution in [2.45, 2.75) is 13.8 Å². The van der Waals surface area contributed by atoms with Crippen molar-refractivity contribution in [3.63, 3.8) is 0 Å². The number of nitrogens with one attached hydrogen (secondary N) is 1. The smallest absolute Gasteiger partial charge is 0.340 e. The second-order valence-corrected chi connectivity index (χ2v) is 4.77. The summed E-state index contributed by atoms with van der Waals surface area (Å²) in [6.45, 7) is 3.93. The number of hydrogen-bond acceptors (Lipinski definition) is 5. The van der Waals surface area contributed by atoms with Gasteiger partial charge in [-0.2, -0.15) is 0 Å². The Kier molecular flexibility index (Phi) is 5.68. The fourth-order valence-corrected chi connectivity index (χ4v) is 1.80. The predicted molar refractivity (Wildman–Crippen MR) is 85.5 cm³/mol. The Bertz CT molecular complexity index is 666. The highest BCUT2D eigenvalue weighted by molar-refractivity contribution is 5.95. The first-order chi connectivity index (χ1) is 11.1. The standard InChI is InChI=1S/C17H18N2O4/c1-3-22-15-8-6-14(7-9-15)19-16(20)11-23-17(21)13-5-4-12(2)18-10-13/h4-10H,3,11H2,1-2H3,(H,19,20). The van der Waals surface area contributed by atoms with Gasteiger partial charge >= 0.3 is 5.97 Å². The monoisotopic (exact) mass is 314 g/mol. The summed E-state index contributed by atoms with van der Waals surface area (Å²) in [5, 5.41) is 2.64. The van der Waals surface area contributed by atoms with E-state index in [1.807, 2.05) is 13.8 Å². The van der Waals surface area contributed by atoms with Crippen LogP contribution in [0, 0.1) is 6.92 Å². The Morgan fingerprint density at radius 3 is 2.48 bits per heavy atom. The van der Waals surface area contributed by atoms with Gasteiger partial charge in [0.05, 0.1) is 12.2 Å². The van der Waals surface area contributed by atoms with Gasteiger partial charge in [0.2, 0.25) is 0 Å². The number of anilines is 1. The maximum absolute atomic E-state index is 11.8. The van der Waals surface area contributed by atoms with Gasteiger partial charge < -0.3 is 14.8 Å². The number of nitrogens with zero attached hydrogens (tertiary/aromatic N) is 1. The van der Waals surface area contributed by atoms with Crippen molar-refractivity contribution in [2.75, 3.05) is 18.5 Å². The molecule has 1 N–H and O–H groups in total. The highest BCUT2D eigenvalue weighted by Crippen LogP contribution is 2.15. The first-order valence-electron chi connectivity index (χ1n) is 7.21. The first kappa shape index (κ1) is 16.5. The Hall–Kier alpha value is -2.89. The SMILES string of the molecule is CCOc1ccc(NC(=O)COC(=O)c2ccc(C)nc2)cc1. The highest BCUT2D eigenvalue weighted by Gasteiger charge is 2.10. The molecule has 23 heavy (non-hydrogen) atoms. The zero-order chi connectivity index (χ0) is 16.7. The second kappa shape index (κ2) is 7.93. The number of ether oxygens (including phenoxy) is 2. The number of amides is 1. The van der Waals surface area contributed by atoms with E-state index in [-0.39, 0.29) is 6.61 Å². The van der Waals surface area contributed by atoms with Crippen LogP contribution in [-0.2, 0) is 9.53 Å². The third kappa shape index (κ3) is 5.10. The molecular formula is C17H18N2O4. The molecule has 0 bridgehead atoms. The number of hydrogen-bond donors (Lipinski definition) is 1. The van der Waals surface area contributed by atoms with Gasteiger partial charge in [-0.25, -0.2) is 4.79 Å². The fourth-order valence-electron chi connectivity index (χ4n) is 1.80. The van der Waals surface area contributed by atoms with Crippen LogP contribution in [-0.4, -0.2) is 30.1 Å². The van der Waals surface area contributed by atoms with E-state index in [0.29, 0.717) is 17.9 Å². The molecule has 6 heteroatoms. The van der Waals surface area contributed by atoms with Gasteiger partial charge in [0.25, 0.3) is 5.91 Å². The Balaban J connectivity index is 1.82. The topological polar surface area (TPSA) is 77.5 Å². The minimum Gasteiger partial charge on any atom is -0.494 e. The summed E-state index contributed by atoms with van der Waals surface area (Å²) >= 11 is 0. The Labute approximate surface area is 134 Å². The van der Waals surface area contributed by atoms with E-state index < -0.39 is 11.9 Å². The van der Waals surface area contributed by atoms with Crippen LogP contribution < -0.4 is 10.1 Å². The minimum atomic E-state index is -0.584. The van der Waals surface area contributed by atoms with Gasteiger partial charge in [-0.15, -0.1) is 0 Å². The molecule has 0 aliphatic carbocycles. The van der Waals surface area contributed by atoms with Crippen LogP contribution in [0.2, 0.25) is 0 Å². The summed E-state index contributed by atoms with van der Waals surface area (Å²) in [5.74, 6) is -0.272. The quantitative estimate of drug-likeness (QED) is 0.829. The van der Waals surface area contributed by atoms with E-state index in [0.717, 1.165) is 11.4 Å². The van der Waals surface area contributed by atoms with Crippen molar-refractivity contribution in [3.05, 3.63) is 53.9 Å². The maximum Gasteiger partial charge on any atom is 0.340 e. The minimum absolute atomic E-state index is 0.310. The van der Waals surface area contributed by atoms with Gasteiger partial charge in [0.15, 0.2) is 6.61 Å². The van der Waals surface area contributed by atoms with Crippen LogP contribution in [0.5, 0.6) is 5.75 Å². The molecule has 1 aromatic heterocycles. The van der Waals surface area contributed by atoms with E-state index >= 15 is 0 Å². The predicted octanol–water partition coefficient (Wildman–Crippen LogP) is 2.58. The maximum atomic E-state index is 11.8. The van der Waals surface area contributed by atoms with Gasteiger partial charge in [0.1, 0.15) is 5.75 Å². The lowest BCUT2D eigenvalue weighted by Crippen LogP contribution is -2.21. The van der Waals surface area contributed by atoms with E-state index in [1.165, 1.54) is 6.20 Å². The molecule has 1 aromatic carbocycles.